The van der Waals surface area contributed by atoms with Crippen molar-refractivity contribution in [3.63, 3.8) is 0 Å². The summed E-state index contributed by atoms with van der Waals surface area (Å²) >= 11 is 5.91. The molecule has 0 aliphatic heterocycles. The molecule has 20 heavy (non-hydrogen) atoms. The van der Waals surface area contributed by atoms with Crippen LogP contribution < -0.4 is 4.74 Å². The van der Waals surface area contributed by atoms with Gasteiger partial charge in [0, 0.05) is 5.02 Å². The molecule has 0 radical (unpaired) electrons. The van der Waals surface area contributed by atoms with Gasteiger partial charge in [-0.25, -0.2) is 9.78 Å². The summed E-state index contributed by atoms with van der Waals surface area (Å²) in [6.07, 6.45) is 0. The molecule has 0 aliphatic rings. The van der Waals surface area contributed by atoms with Gasteiger partial charge in [0.2, 0.25) is 11.7 Å². The maximum Gasteiger partial charge on any atom is 0.376 e. The Balaban J connectivity index is 2.44. The molecule has 1 heterocycles. The maximum atomic E-state index is 11.7. The third-order valence-electron chi connectivity index (χ3n) is 2.65. The summed E-state index contributed by atoms with van der Waals surface area (Å²) in [5.41, 5.74) is 1.09. The number of methoxy groups -OCH3 is 1. The van der Waals surface area contributed by atoms with Crippen LogP contribution in [-0.2, 0) is 4.74 Å². The van der Waals surface area contributed by atoms with Gasteiger partial charge in [0.1, 0.15) is 5.75 Å². The number of ether oxygens (including phenoxy) is 2. The predicted octanol–water partition coefficient (Wildman–Crippen LogP) is 3.49. The van der Waals surface area contributed by atoms with E-state index in [-0.39, 0.29) is 12.4 Å². The molecular formula is C14H14ClNO4. The Hall–Kier alpha value is -2.01. The first kappa shape index (κ1) is 14.4. The van der Waals surface area contributed by atoms with Gasteiger partial charge in [-0.05, 0) is 32.0 Å². The molecule has 0 saturated heterocycles. The van der Waals surface area contributed by atoms with Gasteiger partial charge >= 0.3 is 5.97 Å². The highest BCUT2D eigenvalue weighted by molar-refractivity contribution is 6.30. The van der Waals surface area contributed by atoms with Crippen LogP contribution in [0, 0.1) is 6.92 Å². The zero-order valence-corrected chi connectivity index (χ0v) is 12.2. The molecule has 5 nitrogen and oxygen atoms in total. The molecule has 0 saturated carbocycles. The van der Waals surface area contributed by atoms with Crippen molar-refractivity contribution in [1.29, 1.82) is 0 Å². The number of esters is 1. The van der Waals surface area contributed by atoms with Gasteiger partial charge < -0.3 is 13.9 Å². The van der Waals surface area contributed by atoms with E-state index in [0.717, 1.165) is 0 Å². The lowest BCUT2D eigenvalue weighted by atomic mass is 10.2. The Morgan fingerprint density at radius 2 is 2.20 bits per heavy atom. The number of carbonyl (C=O) groups is 1. The van der Waals surface area contributed by atoms with Gasteiger partial charge in [0.15, 0.2) is 0 Å². The maximum absolute atomic E-state index is 11.7. The predicted molar refractivity (Wildman–Crippen MR) is 74.2 cm³/mol. The van der Waals surface area contributed by atoms with E-state index in [1.165, 1.54) is 7.11 Å². The minimum Gasteiger partial charge on any atom is -0.496 e. The molecule has 1 aromatic carbocycles. The number of hydrogen-bond donors (Lipinski definition) is 0. The average Bonchev–Trinajstić information content (AvgIpc) is 2.80. The molecule has 0 aliphatic carbocycles. The van der Waals surface area contributed by atoms with Crippen LogP contribution in [0.2, 0.25) is 5.02 Å². The van der Waals surface area contributed by atoms with E-state index in [1.54, 1.807) is 32.0 Å². The van der Waals surface area contributed by atoms with Crippen LogP contribution in [-0.4, -0.2) is 24.7 Å². The van der Waals surface area contributed by atoms with Crippen LogP contribution in [0.1, 0.15) is 23.2 Å². The zero-order chi connectivity index (χ0) is 14.7. The van der Waals surface area contributed by atoms with Crippen molar-refractivity contribution in [2.24, 2.45) is 0 Å². The number of nitrogens with zero attached hydrogens (tertiary/aromatic N) is 1. The lowest BCUT2D eigenvalue weighted by Gasteiger charge is -2.05. The topological polar surface area (TPSA) is 61.6 Å². The van der Waals surface area contributed by atoms with Crippen molar-refractivity contribution in [3.05, 3.63) is 34.7 Å². The van der Waals surface area contributed by atoms with Crippen LogP contribution in [0.4, 0.5) is 0 Å². The van der Waals surface area contributed by atoms with Crippen LogP contribution in [0.15, 0.2) is 22.6 Å². The molecule has 2 rings (SSSR count). The normalized spacial score (nSPS) is 10.4. The van der Waals surface area contributed by atoms with E-state index in [9.17, 15) is 4.79 Å². The van der Waals surface area contributed by atoms with E-state index in [4.69, 9.17) is 25.5 Å². The highest BCUT2D eigenvalue weighted by Crippen LogP contribution is 2.32. The smallest absolute Gasteiger partial charge is 0.376 e. The molecular weight excluding hydrogens is 282 g/mol. The third kappa shape index (κ3) is 2.77. The lowest BCUT2D eigenvalue weighted by Crippen LogP contribution is -2.04. The fourth-order valence-electron chi connectivity index (χ4n) is 1.74. The molecule has 6 heteroatoms. The number of aryl methyl sites for hydroxylation is 1. The highest BCUT2D eigenvalue weighted by atomic mass is 35.5. The first-order valence-corrected chi connectivity index (χ1v) is 6.43. The quantitative estimate of drug-likeness (QED) is 0.808. The minimum absolute atomic E-state index is 0.0962. The Labute approximate surface area is 121 Å². The first-order chi connectivity index (χ1) is 9.56. The number of carbonyl (C=O) groups excluding carboxylic acids is 1. The fourth-order valence-corrected chi connectivity index (χ4v) is 1.90. The first-order valence-electron chi connectivity index (χ1n) is 6.05. The molecule has 0 N–H and O–H groups in total. The van der Waals surface area contributed by atoms with Crippen molar-refractivity contribution >= 4 is 17.6 Å². The number of halogens is 1. The summed E-state index contributed by atoms with van der Waals surface area (Å²) < 4.78 is 15.6. The fraction of sp³-hybridized carbons (Fsp3) is 0.286. The third-order valence-corrected chi connectivity index (χ3v) is 2.89. The summed E-state index contributed by atoms with van der Waals surface area (Å²) in [7, 11) is 1.53. The van der Waals surface area contributed by atoms with Crippen molar-refractivity contribution < 1.29 is 18.7 Å². The number of oxazole rings is 1. The van der Waals surface area contributed by atoms with E-state index in [1.807, 2.05) is 0 Å². The molecule has 0 bridgehead atoms. The van der Waals surface area contributed by atoms with Gasteiger partial charge in [-0.15, -0.1) is 0 Å². The van der Waals surface area contributed by atoms with E-state index >= 15 is 0 Å². The Bertz CT molecular complexity index is 636. The largest absolute Gasteiger partial charge is 0.496 e. The lowest BCUT2D eigenvalue weighted by molar-refractivity contribution is 0.0490. The number of benzene rings is 1. The molecule has 0 atom stereocenters. The molecule has 106 valence electrons. The van der Waals surface area contributed by atoms with Crippen molar-refractivity contribution in [2.75, 3.05) is 13.7 Å². The van der Waals surface area contributed by atoms with Gasteiger partial charge in [0.05, 0.1) is 25.0 Å². The van der Waals surface area contributed by atoms with E-state index in [0.29, 0.717) is 27.9 Å². The number of aromatic nitrogens is 1. The summed E-state index contributed by atoms with van der Waals surface area (Å²) in [5.74, 6) is 0.378. The van der Waals surface area contributed by atoms with Crippen LogP contribution in [0.3, 0.4) is 0 Å². The summed E-state index contributed by atoms with van der Waals surface area (Å²) in [6.45, 7) is 3.69. The van der Waals surface area contributed by atoms with Crippen molar-refractivity contribution in [3.8, 4) is 17.2 Å². The molecule has 0 unspecified atom stereocenters. The summed E-state index contributed by atoms with van der Waals surface area (Å²) in [4.78, 5) is 15.9. The summed E-state index contributed by atoms with van der Waals surface area (Å²) in [5, 5.41) is 0.541. The van der Waals surface area contributed by atoms with Gasteiger partial charge in [-0.2, -0.15) is 0 Å². The second-order valence-electron chi connectivity index (χ2n) is 4.00. The van der Waals surface area contributed by atoms with Gasteiger partial charge in [-0.3, -0.25) is 0 Å². The van der Waals surface area contributed by atoms with Crippen LogP contribution in [0.25, 0.3) is 11.5 Å². The number of rotatable bonds is 4. The monoisotopic (exact) mass is 295 g/mol. The SMILES string of the molecule is CCOC(=O)c1oc(-c2ccc(Cl)cc2OC)nc1C. The minimum atomic E-state index is -0.531. The van der Waals surface area contributed by atoms with E-state index < -0.39 is 5.97 Å². The molecule has 0 amide bonds. The van der Waals surface area contributed by atoms with Gasteiger partial charge in [-0.1, -0.05) is 11.6 Å². The van der Waals surface area contributed by atoms with Gasteiger partial charge in [0.25, 0.3) is 0 Å². The Morgan fingerprint density at radius 1 is 1.45 bits per heavy atom. The van der Waals surface area contributed by atoms with Crippen molar-refractivity contribution in [1.82, 2.24) is 4.98 Å². The Kier molecular flexibility index (Phi) is 4.29. The second-order valence-corrected chi connectivity index (χ2v) is 4.44. The van der Waals surface area contributed by atoms with E-state index in [2.05, 4.69) is 4.98 Å². The molecule has 1 aromatic heterocycles. The molecule has 0 fully saturated rings. The van der Waals surface area contributed by atoms with Crippen molar-refractivity contribution in [2.45, 2.75) is 13.8 Å². The molecule has 2 aromatic rings. The standard InChI is InChI=1S/C14H14ClNO4/c1-4-19-14(17)12-8(2)16-13(20-12)10-6-5-9(15)7-11(10)18-3/h5-7H,4H2,1-3H3. The van der Waals surface area contributed by atoms with Crippen LogP contribution >= 0.6 is 11.6 Å². The zero-order valence-electron chi connectivity index (χ0n) is 11.4. The van der Waals surface area contributed by atoms with Crippen LogP contribution in [0.5, 0.6) is 5.75 Å². The highest BCUT2D eigenvalue weighted by Gasteiger charge is 2.21. The molecule has 0 spiro atoms. The number of hydrogen-bond acceptors (Lipinski definition) is 5. The second kappa shape index (κ2) is 5.96. The Morgan fingerprint density at radius 3 is 2.85 bits per heavy atom. The summed E-state index contributed by atoms with van der Waals surface area (Å²) in [6, 6.07) is 5.07. The average molecular weight is 296 g/mol.